The minimum Gasteiger partial charge on any atom is -0.299 e. The van der Waals surface area contributed by atoms with Gasteiger partial charge in [0.15, 0.2) is 0 Å². The molecule has 0 fully saturated rings. The Bertz CT molecular complexity index is 552. The lowest BCUT2D eigenvalue weighted by atomic mass is 10.0. The predicted molar refractivity (Wildman–Crippen MR) is 78.5 cm³/mol. The lowest BCUT2D eigenvalue weighted by Gasteiger charge is -2.02. The standard InChI is InChI=1S/C14H11Br2NO/c15-12-3-1-10(2-4-12)6-14(18)7-11-5-13(16)9-17-8-11/h1-5,8-9H,6-7H2. The van der Waals surface area contributed by atoms with E-state index >= 15 is 0 Å². The molecule has 0 aliphatic rings. The third-order valence-corrected chi connectivity index (χ3v) is 3.44. The van der Waals surface area contributed by atoms with Crippen LogP contribution in [0.25, 0.3) is 0 Å². The Labute approximate surface area is 123 Å². The second kappa shape index (κ2) is 6.25. The number of aromatic nitrogens is 1. The van der Waals surface area contributed by atoms with Crippen molar-refractivity contribution in [3.63, 3.8) is 0 Å². The first-order chi connectivity index (χ1) is 8.63. The fourth-order valence-electron chi connectivity index (χ4n) is 1.67. The number of ketones is 1. The average Bonchev–Trinajstić information content (AvgIpc) is 2.32. The third kappa shape index (κ3) is 4.03. The Balaban J connectivity index is 1.98. The molecule has 0 saturated heterocycles. The highest BCUT2D eigenvalue weighted by Gasteiger charge is 2.06. The van der Waals surface area contributed by atoms with E-state index in [2.05, 4.69) is 36.8 Å². The van der Waals surface area contributed by atoms with Crippen LogP contribution in [-0.2, 0) is 17.6 Å². The number of rotatable bonds is 4. The van der Waals surface area contributed by atoms with E-state index in [1.807, 2.05) is 30.3 Å². The molecule has 0 aliphatic heterocycles. The van der Waals surface area contributed by atoms with Crippen molar-refractivity contribution in [3.05, 3.63) is 62.8 Å². The van der Waals surface area contributed by atoms with Crippen molar-refractivity contribution >= 4 is 37.6 Å². The molecule has 2 rings (SSSR count). The molecule has 0 saturated carbocycles. The topological polar surface area (TPSA) is 30.0 Å². The van der Waals surface area contributed by atoms with E-state index in [4.69, 9.17) is 0 Å². The predicted octanol–water partition coefficient (Wildman–Crippen LogP) is 3.96. The third-order valence-electron chi connectivity index (χ3n) is 2.48. The minimum absolute atomic E-state index is 0.192. The number of hydrogen-bond acceptors (Lipinski definition) is 2. The Hall–Kier alpha value is -1.00. The van der Waals surface area contributed by atoms with Crippen LogP contribution in [0, 0.1) is 0 Å². The number of nitrogens with zero attached hydrogens (tertiary/aromatic N) is 1. The molecule has 0 unspecified atom stereocenters. The highest BCUT2D eigenvalue weighted by Crippen LogP contribution is 2.13. The van der Waals surface area contributed by atoms with Crippen molar-refractivity contribution < 1.29 is 4.79 Å². The summed E-state index contributed by atoms with van der Waals surface area (Å²) >= 11 is 6.72. The van der Waals surface area contributed by atoms with Crippen LogP contribution in [0.2, 0.25) is 0 Å². The van der Waals surface area contributed by atoms with Gasteiger partial charge < -0.3 is 0 Å². The largest absolute Gasteiger partial charge is 0.299 e. The molecule has 4 heteroatoms. The fraction of sp³-hybridized carbons (Fsp3) is 0.143. The van der Waals surface area contributed by atoms with Crippen LogP contribution in [-0.4, -0.2) is 10.8 Å². The maximum Gasteiger partial charge on any atom is 0.141 e. The van der Waals surface area contributed by atoms with Crippen molar-refractivity contribution in [2.24, 2.45) is 0 Å². The number of carbonyl (C=O) groups is 1. The Kier molecular flexibility index (Phi) is 4.66. The zero-order valence-corrected chi connectivity index (χ0v) is 12.7. The second-order valence-corrected chi connectivity index (χ2v) is 5.86. The van der Waals surface area contributed by atoms with Crippen LogP contribution in [0.1, 0.15) is 11.1 Å². The zero-order chi connectivity index (χ0) is 13.0. The molecule has 0 N–H and O–H groups in total. The number of benzene rings is 1. The summed E-state index contributed by atoms with van der Waals surface area (Å²) in [6.07, 6.45) is 4.31. The number of hydrogen-bond donors (Lipinski definition) is 0. The van der Waals surface area contributed by atoms with Gasteiger partial charge in [0.05, 0.1) is 0 Å². The summed E-state index contributed by atoms with van der Waals surface area (Å²) in [6.45, 7) is 0. The summed E-state index contributed by atoms with van der Waals surface area (Å²) in [7, 11) is 0. The maximum absolute atomic E-state index is 11.9. The quantitative estimate of drug-likeness (QED) is 0.817. The van der Waals surface area contributed by atoms with Gasteiger partial charge in [0.1, 0.15) is 5.78 Å². The van der Waals surface area contributed by atoms with Crippen molar-refractivity contribution in [3.8, 4) is 0 Å². The van der Waals surface area contributed by atoms with Crippen LogP contribution < -0.4 is 0 Å². The minimum atomic E-state index is 0.192. The van der Waals surface area contributed by atoms with E-state index < -0.39 is 0 Å². The number of carbonyl (C=O) groups excluding carboxylic acids is 1. The normalized spacial score (nSPS) is 10.3. The molecular formula is C14H11Br2NO. The highest BCUT2D eigenvalue weighted by molar-refractivity contribution is 9.10. The summed E-state index contributed by atoms with van der Waals surface area (Å²) < 4.78 is 1.92. The van der Waals surface area contributed by atoms with Gasteiger partial charge in [-0.25, -0.2) is 0 Å². The molecule has 2 nitrogen and oxygen atoms in total. The number of halogens is 2. The molecule has 0 spiro atoms. The first-order valence-corrected chi connectivity index (χ1v) is 7.07. The molecule has 1 aromatic carbocycles. The van der Waals surface area contributed by atoms with Gasteiger partial charge in [-0.2, -0.15) is 0 Å². The zero-order valence-electron chi connectivity index (χ0n) is 9.57. The van der Waals surface area contributed by atoms with E-state index in [-0.39, 0.29) is 5.78 Å². The Morgan fingerprint density at radius 1 is 0.944 bits per heavy atom. The summed E-state index contributed by atoms with van der Waals surface area (Å²) in [5, 5.41) is 0. The fourth-order valence-corrected chi connectivity index (χ4v) is 2.35. The molecule has 0 radical (unpaired) electrons. The van der Waals surface area contributed by atoms with Gasteiger partial charge in [-0.05, 0) is 45.3 Å². The molecule has 18 heavy (non-hydrogen) atoms. The van der Waals surface area contributed by atoms with Crippen LogP contribution in [0.5, 0.6) is 0 Å². The van der Waals surface area contributed by atoms with E-state index in [1.165, 1.54) is 0 Å². The average molecular weight is 369 g/mol. The summed E-state index contributed by atoms with van der Waals surface area (Å²) in [4.78, 5) is 16.0. The van der Waals surface area contributed by atoms with Gasteiger partial charge in [0.2, 0.25) is 0 Å². The number of Topliss-reactive ketones (excluding diaryl/α,β-unsaturated/α-hetero) is 1. The van der Waals surface area contributed by atoms with E-state index in [0.717, 1.165) is 20.1 Å². The molecule has 1 aromatic heterocycles. The van der Waals surface area contributed by atoms with Crippen LogP contribution >= 0.6 is 31.9 Å². The highest BCUT2D eigenvalue weighted by atomic mass is 79.9. The van der Waals surface area contributed by atoms with E-state index in [1.54, 1.807) is 12.4 Å². The van der Waals surface area contributed by atoms with Crippen LogP contribution in [0.4, 0.5) is 0 Å². The number of pyridine rings is 1. The van der Waals surface area contributed by atoms with Gasteiger partial charge >= 0.3 is 0 Å². The Morgan fingerprint density at radius 2 is 1.61 bits per heavy atom. The van der Waals surface area contributed by atoms with Crippen LogP contribution in [0.3, 0.4) is 0 Å². The SMILES string of the molecule is O=C(Cc1ccc(Br)cc1)Cc1cncc(Br)c1. The maximum atomic E-state index is 11.9. The van der Waals surface area contributed by atoms with Gasteiger partial charge in [0.25, 0.3) is 0 Å². The summed E-state index contributed by atoms with van der Waals surface area (Å²) in [6, 6.07) is 9.74. The van der Waals surface area contributed by atoms with Gasteiger partial charge in [0, 0.05) is 34.2 Å². The summed E-state index contributed by atoms with van der Waals surface area (Å²) in [5.41, 5.74) is 1.97. The first-order valence-electron chi connectivity index (χ1n) is 5.49. The first kappa shape index (κ1) is 13.4. The molecule has 0 bridgehead atoms. The van der Waals surface area contributed by atoms with Gasteiger partial charge in [-0.3, -0.25) is 9.78 Å². The van der Waals surface area contributed by atoms with Crippen molar-refractivity contribution in [2.45, 2.75) is 12.8 Å². The van der Waals surface area contributed by atoms with Crippen molar-refractivity contribution in [2.75, 3.05) is 0 Å². The summed E-state index contributed by atoms with van der Waals surface area (Å²) in [5.74, 6) is 0.192. The van der Waals surface area contributed by atoms with E-state index in [9.17, 15) is 4.79 Å². The van der Waals surface area contributed by atoms with Gasteiger partial charge in [-0.15, -0.1) is 0 Å². The lowest BCUT2D eigenvalue weighted by molar-refractivity contribution is -0.117. The molecule has 0 aliphatic carbocycles. The van der Waals surface area contributed by atoms with Crippen LogP contribution in [0.15, 0.2) is 51.7 Å². The molecule has 2 aromatic rings. The Morgan fingerprint density at radius 3 is 2.28 bits per heavy atom. The molecule has 0 atom stereocenters. The molecule has 92 valence electrons. The molecule has 1 heterocycles. The monoisotopic (exact) mass is 367 g/mol. The van der Waals surface area contributed by atoms with Crippen molar-refractivity contribution in [1.82, 2.24) is 4.98 Å². The van der Waals surface area contributed by atoms with E-state index in [0.29, 0.717) is 12.8 Å². The smallest absolute Gasteiger partial charge is 0.141 e. The van der Waals surface area contributed by atoms with Gasteiger partial charge in [-0.1, -0.05) is 28.1 Å². The molecular weight excluding hydrogens is 358 g/mol. The van der Waals surface area contributed by atoms with Crippen molar-refractivity contribution in [1.29, 1.82) is 0 Å². The molecule has 0 amide bonds. The lowest BCUT2D eigenvalue weighted by Crippen LogP contribution is -2.06. The second-order valence-electron chi connectivity index (χ2n) is 4.03.